The maximum absolute atomic E-state index is 12.2. The second-order valence-electron chi connectivity index (χ2n) is 4.64. The van der Waals surface area contributed by atoms with Gasteiger partial charge >= 0.3 is 12.0 Å². The first-order valence-corrected chi connectivity index (χ1v) is 5.92. The van der Waals surface area contributed by atoms with Gasteiger partial charge in [0, 0.05) is 19.6 Å². The Bertz CT molecular complexity index is 317. The van der Waals surface area contributed by atoms with Gasteiger partial charge in [-0.2, -0.15) is 0 Å². The first-order chi connectivity index (χ1) is 8.09. The zero-order valence-corrected chi connectivity index (χ0v) is 9.96. The summed E-state index contributed by atoms with van der Waals surface area (Å²) >= 11 is 0. The van der Waals surface area contributed by atoms with E-state index >= 15 is 0 Å². The molecule has 17 heavy (non-hydrogen) atoms. The predicted molar refractivity (Wildman–Crippen MR) is 59.7 cm³/mol. The fraction of sp³-hybridized carbons (Fsp3) is 0.818. The van der Waals surface area contributed by atoms with E-state index in [1.54, 1.807) is 16.8 Å². The van der Waals surface area contributed by atoms with Gasteiger partial charge in [0.2, 0.25) is 0 Å². The molecule has 1 saturated carbocycles. The van der Waals surface area contributed by atoms with Crippen LogP contribution in [0.5, 0.6) is 0 Å². The molecule has 0 aromatic heterocycles. The van der Waals surface area contributed by atoms with E-state index in [9.17, 15) is 9.59 Å². The fourth-order valence-electron chi connectivity index (χ4n) is 2.10. The summed E-state index contributed by atoms with van der Waals surface area (Å²) in [6.07, 6.45) is 2.05. The molecule has 6 nitrogen and oxygen atoms in total. The largest absolute Gasteiger partial charge is 0.481 e. The van der Waals surface area contributed by atoms with Crippen LogP contribution in [0.1, 0.15) is 19.3 Å². The zero-order chi connectivity index (χ0) is 12.4. The Morgan fingerprint density at radius 2 is 2.18 bits per heavy atom. The van der Waals surface area contributed by atoms with E-state index < -0.39 is 5.97 Å². The van der Waals surface area contributed by atoms with Crippen LogP contribution in [0.3, 0.4) is 0 Å². The van der Waals surface area contributed by atoms with Crippen molar-refractivity contribution in [3.8, 4) is 0 Å². The lowest BCUT2D eigenvalue weighted by Gasteiger charge is -2.37. The van der Waals surface area contributed by atoms with Crippen molar-refractivity contribution in [1.29, 1.82) is 0 Å². The van der Waals surface area contributed by atoms with E-state index in [-0.39, 0.29) is 18.5 Å². The minimum absolute atomic E-state index is 0.0513. The number of hydrogen-bond donors (Lipinski definition) is 1. The highest BCUT2D eigenvalue weighted by molar-refractivity contribution is 5.76. The molecule has 96 valence electrons. The number of rotatable bonds is 3. The number of carboxylic acid groups (broad SMARTS) is 1. The summed E-state index contributed by atoms with van der Waals surface area (Å²) in [4.78, 5) is 26.3. The van der Waals surface area contributed by atoms with E-state index in [2.05, 4.69) is 0 Å². The minimum atomic E-state index is -0.896. The Hall–Kier alpha value is -1.30. The SMILES string of the molecule is CN(C(=O)N1CCOCC1CC(=O)O)C1CC1. The number of amides is 2. The molecule has 0 radical (unpaired) electrons. The topological polar surface area (TPSA) is 70.1 Å². The van der Waals surface area contributed by atoms with Gasteiger partial charge in [0.25, 0.3) is 0 Å². The van der Waals surface area contributed by atoms with Gasteiger partial charge in [-0.15, -0.1) is 0 Å². The molecule has 2 aliphatic rings. The van der Waals surface area contributed by atoms with Crippen LogP contribution in [0, 0.1) is 0 Å². The number of nitrogens with zero attached hydrogens (tertiary/aromatic N) is 2. The molecule has 6 heteroatoms. The number of carbonyl (C=O) groups is 2. The second-order valence-corrected chi connectivity index (χ2v) is 4.64. The van der Waals surface area contributed by atoms with Crippen molar-refractivity contribution in [1.82, 2.24) is 9.80 Å². The van der Waals surface area contributed by atoms with Crippen LogP contribution in [0.4, 0.5) is 4.79 Å². The summed E-state index contributed by atoms with van der Waals surface area (Å²) in [5.41, 5.74) is 0. The number of hydrogen-bond acceptors (Lipinski definition) is 3. The molecule has 2 amide bonds. The van der Waals surface area contributed by atoms with Crippen molar-refractivity contribution in [2.75, 3.05) is 26.8 Å². The standard InChI is InChI=1S/C11H18N2O4/c1-12(8-2-3-8)11(16)13-4-5-17-7-9(13)6-10(14)15/h8-9H,2-7H2,1H3,(H,14,15). The number of morpholine rings is 1. The molecular weight excluding hydrogens is 224 g/mol. The smallest absolute Gasteiger partial charge is 0.320 e. The highest BCUT2D eigenvalue weighted by atomic mass is 16.5. The molecular formula is C11H18N2O4. The lowest BCUT2D eigenvalue weighted by molar-refractivity contribution is -0.139. The van der Waals surface area contributed by atoms with E-state index in [1.165, 1.54) is 0 Å². The Morgan fingerprint density at radius 3 is 2.76 bits per heavy atom. The van der Waals surface area contributed by atoms with Crippen LogP contribution in [0.2, 0.25) is 0 Å². The highest BCUT2D eigenvalue weighted by Crippen LogP contribution is 2.27. The third kappa shape index (κ3) is 2.88. The first-order valence-electron chi connectivity index (χ1n) is 5.92. The molecule has 1 saturated heterocycles. The number of urea groups is 1. The Labute approximate surface area is 100 Å². The lowest BCUT2D eigenvalue weighted by Crippen LogP contribution is -2.53. The van der Waals surface area contributed by atoms with Crippen LogP contribution in [0.25, 0.3) is 0 Å². The van der Waals surface area contributed by atoms with Crippen LogP contribution in [0.15, 0.2) is 0 Å². The summed E-state index contributed by atoms with van der Waals surface area (Å²) in [6, 6.07) is -0.0622. The summed E-state index contributed by atoms with van der Waals surface area (Å²) in [5, 5.41) is 8.82. The van der Waals surface area contributed by atoms with Crippen molar-refractivity contribution < 1.29 is 19.4 Å². The van der Waals surface area contributed by atoms with Gasteiger partial charge in [-0.3, -0.25) is 4.79 Å². The molecule has 1 atom stereocenters. The predicted octanol–water partition coefficient (Wildman–Crippen LogP) is 0.376. The van der Waals surface area contributed by atoms with E-state index in [1.807, 2.05) is 0 Å². The van der Waals surface area contributed by atoms with Gasteiger partial charge in [-0.05, 0) is 12.8 Å². The van der Waals surface area contributed by atoms with Gasteiger partial charge in [0.05, 0.1) is 25.7 Å². The van der Waals surface area contributed by atoms with E-state index in [0.717, 1.165) is 12.8 Å². The van der Waals surface area contributed by atoms with Crippen LogP contribution < -0.4 is 0 Å². The number of carbonyl (C=O) groups excluding carboxylic acids is 1. The van der Waals surface area contributed by atoms with Crippen molar-refractivity contribution in [3.63, 3.8) is 0 Å². The van der Waals surface area contributed by atoms with Crippen LogP contribution in [-0.4, -0.2) is 65.8 Å². The van der Waals surface area contributed by atoms with Gasteiger partial charge in [-0.25, -0.2) is 4.79 Å². The summed E-state index contributed by atoms with van der Waals surface area (Å²) < 4.78 is 5.24. The monoisotopic (exact) mass is 242 g/mol. The number of carboxylic acids is 1. The van der Waals surface area contributed by atoms with E-state index in [4.69, 9.17) is 9.84 Å². The summed E-state index contributed by atoms with van der Waals surface area (Å²) in [6.45, 7) is 1.28. The maximum atomic E-state index is 12.2. The quantitative estimate of drug-likeness (QED) is 0.776. The highest BCUT2D eigenvalue weighted by Gasteiger charge is 2.36. The zero-order valence-electron chi connectivity index (χ0n) is 9.96. The first kappa shape index (κ1) is 12.2. The minimum Gasteiger partial charge on any atom is -0.481 e. The lowest BCUT2D eigenvalue weighted by atomic mass is 10.1. The average Bonchev–Trinajstić information content (AvgIpc) is 3.11. The fourth-order valence-corrected chi connectivity index (χ4v) is 2.10. The molecule has 2 rings (SSSR count). The number of ether oxygens (including phenoxy) is 1. The van der Waals surface area contributed by atoms with Crippen molar-refractivity contribution in [2.24, 2.45) is 0 Å². The number of aliphatic carboxylic acids is 1. The molecule has 1 aliphatic carbocycles. The van der Waals surface area contributed by atoms with Crippen LogP contribution >= 0.6 is 0 Å². The molecule has 0 aromatic carbocycles. The van der Waals surface area contributed by atoms with Crippen LogP contribution in [-0.2, 0) is 9.53 Å². The molecule has 0 bridgehead atoms. The van der Waals surface area contributed by atoms with Gasteiger partial charge in [0.1, 0.15) is 0 Å². The van der Waals surface area contributed by atoms with E-state index in [0.29, 0.717) is 25.8 Å². The van der Waals surface area contributed by atoms with Crippen molar-refractivity contribution >= 4 is 12.0 Å². The third-order valence-corrected chi connectivity index (χ3v) is 3.28. The molecule has 1 N–H and O–H groups in total. The molecule has 1 unspecified atom stereocenters. The Balaban J connectivity index is 1.99. The van der Waals surface area contributed by atoms with Gasteiger partial charge in [-0.1, -0.05) is 0 Å². The third-order valence-electron chi connectivity index (χ3n) is 3.28. The average molecular weight is 242 g/mol. The van der Waals surface area contributed by atoms with Gasteiger partial charge in [0.15, 0.2) is 0 Å². The summed E-state index contributed by atoms with van der Waals surface area (Å²) in [5.74, 6) is -0.896. The molecule has 1 aliphatic heterocycles. The summed E-state index contributed by atoms with van der Waals surface area (Å²) in [7, 11) is 1.79. The van der Waals surface area contributed by atoms with Gasteiger partial charge < -0.3 is 19.6 Å². The Kier molecular flexibility index (Phi) is 3.51. The second kappa shape index (κ2) is 4.91. The Morgan fingerprint density at radius 1 is 1.47 bits per heavy atom. The molecule has 2 fully saturated rings. The maximum Gasteiger partial charge on any atom is 0.320 e. The molecule has 1 heterocycles. The molecule has 0 aromatic rings. The van der Waals surface area contributed by atoms with Crippen molar-refractivity contribution in [2.45, 2.75) is 31.3 Å². The van der Waals surface area contributed by atoms with Crippen molar-refractivity contribution in [3.05, 3.63) is 0 Å². The molecule has 0 spiro atoms. The normalized spacial score (nSPS) is 24.5.